The van der Waals surface area contributed by atoms with Crippen molar-refractivity contribution in [3.63, 3.8) is 0 Å². The standard InChI is InChI=1S/C20H16N6O3S/c1-12-3-5-14(6-4-12)17-11-30-20(21-17)25-19(27)18(13(2)24-25)23-22-15-7-9-16(10-8-15)26(28)29/h3-11,18H,1-2H3. The number of amides is 1. The summed E-state index contributed by atoms with van der Waals surface area (Å²) in [6, 6.07) is 12.7. The van der Waals surface area contributed by atoms with Crippen molar-refractivity contribution in [1.82, 2.24) is 4.98 Å². The molecule has 0 saturated carbocycles. The Morgan fingerprint density at radius 3 is 2.47 bits per heavy atom. The second-order valence-corrected chi connectivity index (χ2v) is 7.50. The number of azo groups is 1. The summed E-state index contributed by atoms with van der Waals surface area (Å²) in [5, 5.41) is 26.7. The van der Waals surface area contributed by atoms with Crippen LogP contribution in [0.4, 0.5) is 16.5 Å². The Morgan fingerprint density at radius 2 is 1.80 bits per heavy atom. The van der Waals surface area contributed by atoms with Crippen LogP contribution in [0, 0.1) is 17.0 Å². The molecule has 30 heavy (non-hydrogen) atoms. The Hall–Kier alpha value is -3.79. The lowest BCUT2D eigenvalue weighted by atomic mass is 10.1. The van der Waals surface area contributed by atoms with Crippen LogP contribution < -0.4 is 5.01 Å². The summed E-state index contributed by atoms with van der Waals surface area (Å²) in [6.45, 7) is 3.72. The molecular weight excluding hydrogens is 404 g/mol. The normalized spacial score (nSPS) is 16.3. The van der Waals surface area contributed by atoms with E-state index in [1.165, 1.54) is 40.6 Å². The average Bonchev–Trinajstić information content (AvgIpc) is 3.32. The van der Waals surface area contributed by atoms with Gasteiger partial charge in [0.15, 0.2) is 6.04 Å². The topological polar surface area (TPSA) is 113 Å². The highest BCUT2D eigenvalue weighted by Gasteiger charge is 2.36. The van der Waals surface area contributed by atoms with Gasteiger partial charge in [0, 0.05) is 23.1 Å². The number of thiazole rings is 1. The first-order chi connectivity index (χ1) is 14.4. The zero-order valence-electron chi connectivity index (χ0n) is 16.1. The number of carbonyl (C=O) groups excluding carboxylic acids is 1. The minimum atomic E-state index is -0.855. The van der Waals surface area contributed by atoms with E-state index in [0.717, 1.165) is 16.8 Å². The molecule has 0 N–H and O–H groups in total. The van der Waals surface area contributed by atoms with Crippen LogP contribution in [0.2, 0.25) is 0 Å². The number of aryl methyl sites for hydroxylation is 1. The van der Waals surface area contributed by atoms with Crippen LogP contribution in [0.3, 0.4) is 0 Å². The second-order valence-electron chi connectivity index (χ2n) is 6.66. The van der Waals surface area contributed by atoms with Crippen LogP contribution in [0.5, 0.6) is 0 Å². The van der Waals surface area contributed by atoms with E-state index in [1.54, 1.807) is 6.92 Å². The first-order valence-electron chi connectivity index (χ1n) is 8.99. The smallest absolute Gasteiger partial charge is 0.269 e. The molecule has 1 aliphatic rings. The monoisotopic (exact) mass is 420 g/mol. The van der Waals surface area contributed by atoms with Crippen molar-refractivity contribution >= 4 is 39.5 Å². The molecule has 0 radical (unpaired) electrons. The van der Waals surface area contributed by atoms with Gasteiger partial charge in [-0.15, -0.1) is 11.3 Å². The van der Waals surface area contributed by atoms with Crippen molar-refractivity contribution < 1.29 is 9.72 Å². The Bertz CT molecular complexity index is 1170. The van der Waals surface area contributed by atoms with Crippen molar-refractivity contribution in [2.45, 2.75) is 19.9 Å². The third kappa shape index (κ3) is 3.85. The lowest BCUT2D eigenvalue weighted by molar-refractivity contribution is -0.384. The Morgan fingerprint density at radius 1 is 1.10 bits per heavy atom. The molecule has 1 unspecified atom stereocenters. The molecule has 2 heterocycles. The summed E-state index contributed by atoms with van der Waals surface area (Å²) in [6.07, 6.45) is 0. The number of nitro groups is 1. The molecule has 0 saturated heterocycles. The molecular formula is C20H16N6O3S. The zero-order chi connectivity index (χ0) is 21.3. The van der Waals surface area contributed by atoms with E-state index in [1.807, 2.05) is 36.6 Å². The molecule has 4 rings (SSSR count). The lowest BCUT2D eigenvalue weighted by Gasteiger charge is -2.08. The molecule has 1 aliphatic heterocycles. The number of aromatic nitrogens is 1. The summed E-state index contributed by atoms with van der Waals surface area (Å²) < 4.78 is 0. The molecule has 150 valence electrons. The van der Waals surface area contributed by atoms with Gasteiger partial charge in [0.1, 0.15) is 0 Å². The summed E-state index contributed by atoms with van der Waals surface area (Å²) in [5.74, 6) is -0.344. The van der Waals surface area contributed by atoms with Crippen molar-refractivity contribution in [2.24, 2.45) is 15.3 Å². The third-order valence-corrected chi connectivity index (χ3v) is 5.28. The SMILES string of the molecule is CC1=NN(c2nc(-c3ccc(C)cc3)cs2)C(=O)C1N=Nc1ccc([N+](=O)[O-])cc1. The van der Waals surface area contributed by atoms with Gasteiger partial charge in [-0.2, -0.15) is 20.3 Å². The maximum Gasteiger partial charge on any atom is 0.282 e. The van der Waals surface area contributed by atoms with E-state index in [-0.39, 0.29) is 11.6 Å². The predicted molar refractivity (Wildman–Crippen MR) is 114 cm³/mol. The quantitative estimate of drug-likeness (QED) is 0.332. The molecule has 0 bridgehead atoms. The van der Waals surface area contributed by atoms with E-state index < -0.39 is 11.0 Å². The maximum atomic E-state index is 12.8. The number of benzene rings is 2. The number of rotatable bonds is 5. The van der Waals surface area contributed by atoms with Gasteiger partial charge in [-0.05, 0) is 26.0 Å². The van der Waals surface area contributed by atoms with Gasteiger partial charge in [0.2, 0.25) is 5.13 Å². The molecule has 1 atom stereocenters. The minimum Gasteiger partial charge on any atom is -0.269 e. The van der Waals surface area contributed by atoms with E-state index in [9.17, 15) is 14.9 Å². The van der Waals surface area contributed by atoms with Crippen molar-refractivity contribution in [3.8, 4) is 11.3 Å². The fourth-order valence-electron chi connectivity index (χ4n) is 2.81. The molecule has 0 spiro atoms. The zero-order valence-corrected chi connectivity index (χ0v) is 16.9. The number of nitro benzene ring substituents is 1. The first kappa shape index (κ1) is 19.5. The van der Waals surface area contributed by atoms with Gasteiger partial charge < -0.3 is 0 Å². The van der Waals surface area contributed by atoms with Crippen LogP contribution in [-0.2, 0) is 4.79 Å². The summed E-state index contributed by atoms with van der Waals surface area (Å²) in [4.78, 5) is 27.6. The third-order valence-electron chi connectivity index (χ3n) is 4.47. The minimum absolute atomic E-state index is 0.0389. The number of hydrogen-bond donors (Lipinski definition) is 0. The van der Waals surface area contributed by atoms with Crippen LogP contribution in [0.15, 0.2) is 69.2 Å². The van der Waals surface area contributed by atoms with Crippen molar-refractivity contribution in [2.75, 3.05) is 5.01 Å². The number of hydrazone groups is 1. The van der Waals surface area contributed by atoms with Crippen LogP contribution in [0.25, 0.3) is 11.3 Å². The number of anilines is 1. The van der Waals surface area contributed by atoms with E-state index >= 15 is 0 Å². The number of nitrogens with zero attached hydrogens (tertiary/aromatic N) is 6. The van der Waals surface area contributed by atoms with Gasteiger partial charge in [-0.25, -0.2) is 4.98 Å². The summed E-state index contributed by atoms with van der Waals surface area (Å²) in [5.41, 5.74) is 3.76. The molecule has 1 aromatic heterocycles. The molecule has 0 aliphatic carbocycles. The van der Waals surface area contributed by atoms with Crippen LogP contribution in [0.1, 0.15) is 12.5 Å². The largest absolute Gasteiger partial charge is 0.282 e. The highest BCUT2D eigenvalue weighted by molar-refractivity contribution is 7.14. The summed E-state index contributed by atoms with van der Waals surface area (Å²) in [7, 11) is 0. The second kappa shape index (κ2) is 7.91. The summed E-state index contributed by atoms with van der Waals surface area (Å²) >= 11 is 1.32. The highest BCUT2D eigenvalue weighted by atomic mass is 32.1. The van der Waals surface area contributed by atoms with Gasteiger partial charge in [0.25, 0.3) is 11.6 Å². The maximum absolute atomic E-state index is 12.8. The van der Waals surface area contributed by atoms with E-state index in [0.29, 0.717) is 16.5 Å². The van der Waals surface area contributed by atoms with Gasteiger partial charge in [0.05, 0.1) is 22.0 Å². The van der Waals surface area contributed by atoms with Gasteiger partial charge in [-0.1, -0.05) is 29.8 Å². The van der Waals surface area contributed by atoms with Gasteiger partial charge >= 0.3 is 0 Å². The van der Waals surface area contributed by atoms with E-state index in [4.69, 9.17) is 0 Å². The molecule has 0 fully saturated rings. The molecule has 2 aromatic carbocycles. The Labute approximate surface area is 175 Å². The number of hydrogen-bond acceptors (Lipinski definition) is 8. The average molecular weight is 420 g/mol. The highest BCUT2D eigenvalue weighted by Crippen LogP contribution is 2.31. The molecule has 9 nitrogen and oxygen atoms in total. The van der Waals surface area contributed by atoms with E-state index in [2.05, 4.69) is 20.3 Å². The Balaban J connectivity index is 1.51. The Kier molecular flexibility index (Phi) is 5.15. The number of non-ortho nitro benzene ring substituents is 1. The van der Waals surface area contributed by atoms with Crippen molar-refractivity contribution in [3.05, 3.63) is 69.6 Å². The fourth-order valence-corrected chi connectivity index (χ4v) is 3.60. The molecule has 10 heteroatoms. The van der Waals surface area contributed by atoms with Crippen molar-refractivity contribution in [1.29, 1.82) is 0 Å². The van der Waals surface area contributed by atoms with Crippen LogP contribution >= 0.6 is 11.3 Å². The molecule has 1 amide bonds. The number of carbonyl (C=O) groups is 1. The van der Waals surface area contributed by atoms with Gasteiger partial charge in [-0.3, -0.25) is 14.9 Å². The first-order valence-corrected chi connectivity index (χ1v) is 9.87. The van der Waals surface area contributed by atoms with Crippen LogP contribution in [-0.4, -0.2) is 27.6 Å². The lowest BCUT2D eigenvalue weighted by Crippen LogP contribution is -2.29. The molecule has 3 aromatic rings. The predicted octanol–water partition coefficient (Wildman–Crippen LogP) is 4.90. The fraction of sp³-hybridized carbons (Fsp3) is 0.150.